The first-order chi connectivity index (χ1) is 14.0. The lowest BCUT2D eigenvalue weighted by Crippen LogP contribution is -2.27. The molecule has 0 radical (unpaired) electrons. The third-order valence-electron chi connectivity index (χ3n) is 4.65. The molecule has 0 amide bonds. The summed E-state index contributed by atoms with van der Waals surface area (Å²) in [5.74, 6) is 0.0935. The van der Waals surface area contributed by atoms with Gasteiger partial charge in [-0.2, -0.15) is 0 Å². The molecular weight excluding hydrogens is 406 g/mol. The molecule has 0 aliphatic carbocycles. The molecule has 0 saturated heterocycles. The predicted octanol–water partition coefficient (Wildman–Crippen LogP) is 4.28. The number of benzene rings is 1. The number of imidazole rings is 1. The number of carbonyl (C=O) groups excluding carboxylic acids is 1. The smallest absolute Gasteiger partial charge is 0.255 e. The molecule has 0 saturated carbocycles. The van der Waals surface area contributed by atoms with Crippen molar-refractivity contribution in [3.05, 3.63) is 98.1 Å². The number of hydrogen-bond donors (Lipinski definition) is 1. The Morgan fingerprint density at radius 2 is 1.97 bits per heavy atom. The van der Waals surface area contributed by atoms with Gasteiger partial charge in [0.25, 0.3) is 5.56 Å². The summed E-state index contributed by atoms with van der Waals surface area (Å²) in [6.07, 6.45) is 6.66. The molecule has 5 nitrogen and oxygen atoms in total. The van der Waals surface area contributed by atoms with Crippen LogP contribution in [0.25, 0.3) is 11.4 Å². The van der Waals surface area contributed by atoms with E-state index in [0.29, 0.717) is 22.1 Å². The Bertz CT molecular complexity index is 1220. The molecule has 1 N–H and O–H groups in total. The molecule has 0 bridgehead atoms. The Morgan fingerprint density at radius 1 is 1.17 bits per heavy atom. The van der Waals surface area contributed by atoms with Crippen molar-refractivity contribution in [2.45, 2.75) is 19.8 Å². The van der Waals surface area contributed by atoms with Gasteiger partial charge in [-0.25, -0.2) is 9.55 Å². The molecule has 146 valence electrons. The molecule has 7 heteroatoms. The van der Waals surface area contributed by atoms with E-state index in [1.54, 1.807) is 29.0 Å². The number of H-pyrrole nitrogens is 1. The Morgan fingerprint density at radius 3 is 2.66 bits per heavy atom. The van der Waals surface area contributed by atoms with E-state index in [1.165, 1.54) is 11.3 Å². The van der Waals surface area contributed by atoms with Crippen molar-refractivity contribution in [2.75, 3.05) is 0 Å². The van der Waals surface area contributed by atoms with Gasteiger partial charge in [0.05, 0.1) is 9.21 Å². The SMILES string of the molecule is Cc1ccn(-c2ccc(-[n+]3c[nH]c(CCC(=O)c4ccc(Cl)s4)c3)cc2)c(=O)c1. The number of thiophene rings is 1. The van der Waals surface area contributed by atoms with E-state index in [2.05, 4.69) is 4.98 Å². The number of hydrogen-bond acceptors (Lipinski definition) is 3. The molecular formula is C22H19ClN3O2S+. The fraction of sp³-hybridized carbons (Fsp3) is 0.136. The van der Waals surface area contributed by atoms with Crippen LogP contribution in [0, 0.1) is 6.92 Å². The summed E-state index contributed by atoms with van der Waals surface area (Å²) in [6, 6.07) is 14.8. The standard InChI is InChI=1S/C22H18ClN3O2S/c1-15-10-11-26(22(28)12-15)18-5-3-17(4-6-18)25-13-16(24-14-25)2-7-19(27)20-8-9-21(23)29-20/h3-6,8-14H,2,7H2,1H3/p+1. The number of nitrogens with one attached hydrogen (secondary N) is 1. The Balaban J connectivity index is 1.45. The van der Waals surface area contributed by atoms with Crippen molar-refractivity contribution in [1.82, 2.24) is 9.55 Å². The molecule has 3 aromatic heterocycles. The van der Waals surface area contributed by atoms with E-state index in [1.807, 2.05) is 54.3 Å². The lowest BCUT2D eigenvalue weighted by Gasteiger charge is -2.06. The van der Waals surface area contributed by atoms with Crippen LogP contribution >= 0.6 is 22.9 Å². The number of halogens is 1. The maximum Gasteiger partial charge on any atom is 0.255 e. The third-order valence-corrected chi connectivity index (χ3v) is 5.93. The van der Waals surface area contributed by atoms with Gasteiger partial charge in [-0.15, -0.1) is 11.3 Å². The number of rotatable bonds is 6. The van der Waals surface area contributed by atoms with Crippen LogP contribution in [0.2, 0.25) is 4.34 Å². The summed E-state index contributed by atoms with van der Waals surface area (Å²) in [6.45, 7) is 1.90. The predicted molar refractivity (Wildman–Crippen MR) is 115 cm³/mol. The molecule has 4 rings (SSSR count). The van der Waals surface area contributed by atoms with Gasteiger partial charge in [0.1, 0.15) is 17.6 Å². The highest BCUT2D eigenvalue weighted by Gasteiger charge is 2.13. The molecule has 0 aliphatic rings. The minimum absolute atomic E-state index is 0.0500. The Hall–Kier alpha value is -2.96. The summed E-state index contributed by atoms with van der Waals surface area (Å²) in [4.78, 5) is 28.3. The number of Topliss-reactive ketones (excluding diaryl/α,β-unsaturated/α-hetero) is 1. The number of pyridine rings is 1. The Labute approximate surface area is 176 Å². The Kier molecular flexibility index (Phi) is 5.47. The molecule has 1 aromatic carbocycles. The topological polar surface area (TPSA) is 58.7 Å². The van der Waals surface area contributed by atoms with E-state index >= 15 is 0 Å². The molecule has 4 aromatic rings. The first-order valence-electron chi connectivity index (χ1n) is 9.17. The van der Waals surface area contributed by atoms with Gasteiger partial charge in [0.2, 0.25) is 6.33 Å². The van der Waals surface area contributed by atoms with E-state index in [9.17, 15) is 9.59 Å². The van der Waals surface area contributed by atoms with Gasteiger partial charge < -0.3 is 0 Å². The third kappa shape index (κ3) is 4.39. The average Bonchev–Trinajstić information content (AvgIpc) is 3.36. The number of aromatic nitrogens is 3. The number of aromatic amines is 1. The molecule has 0 fully saturated rings. The van der Waals surface area contributed by atoms with Crippen molar-refractivity contribution < 1.29 is 9.36 Å². The van der Waals surface area contributed by atoms with Crippen molar-refractivity contribution in [3.8, 4) is 11.4 Å². The lowest BCUT2D eigenvalue weighted by molar-refractivity contribution is -0.594. The number of aryl methyl sites for hydroxylation is 2. The summed E-state index contributed by atoms with van der Waals surface area (Å²) < 4.78 is 4.21. The highest BCUT2D eigenvalue weighted by Crippen LogP contribution is 2.23. The molecule has 3 heterocycles. The van der Waals surface area contributed by atoms with Crippen LogP contribution in [0.15, 0.2) is 72.0 Å². The number of carbonyl (C=O) groups is 1. The summed E-state index contributed by atoms with van der Waals surface area (Å²) in [7, 11) is 0. The highest BCUT2D eigenvalue weighted by atomic mass is 35.5. The van der Waals surface area contributed by atoms with E-state index in [4.69, 9.17) is 11.6 Å². The first kappa shape index (κ1) is 19.4. The van der Waals surface area contributed by atoms with Gasteiger partial charge >= 0.3 is 0 Å². The van der Waals surface area contributed by atoms with Crippen LogP contribution in [0.5, 0.6) is 0 Å². The lowest BCUT2D eigenvalue weighted by atomic mass is 10.1. The quantitative estimate of drug-likeness (QED) is 0.371. The molecule has 29 heavy (non-hydrogen) atoms. The van der Waals surface area contributed by atoms with E-state index in [-0.39, 0.29) is 11.3 Å². The van der Waals surface area contributed by atoms with Crippen LogP contribution < -0.4 is 10.1 Å². The van der Waals surface area contributed by atoms with E-state index < -0.39 is 0 Å². The molecule has 0 atom stereocenters. The van der Waals surface area contributed by atoms with Crippen molar-refractivity contribution in [3.63, 3.8) is 0 Å². The normalized spacial score (nSPS) is 11.0. The van der Waals surface area contributed by atoms with Crippen molar-refractivity contribution >= 4 is 28.7 Å². The number of nitrogens with zero attached hydrogens (tertiary/aromatic N) is 2. The molecule has 0 aliphatic heterocycles. The monoisotopic (exact) mass is 424 g/mol. The zero-order chi connectivity index (χ0) is 20.4. The number of ketones is 1. The van der Waals surface area contributed by atoms with Gasteiger partial charge in [0, 0.05) is 30.8 Å². The first-order valence-corrected chi connectivity index (χ1v) is 10.4. The minimum Gasteiger partial charge on any atom is -0.293 e. The van der Waals surface area contributed by atoms with Gasteiger partial charge in [-0.1, -0.05) is 11.6 Å². The zero-order valence-electron chi connectivity index (χ0n) is 15.8. The maximum atomic E-state index is 12.2. The van der Waals surface area contributed by atoms with Crippen LogP contribution in [0.3, 0.4) is 0 Å². The van der Waals surface area contributed by atoms with Crippen LogP contribution in [-0.2, 0) is 6.42 Å². The van der Waals surface area contributed by atoms with E-state index in [0.717, 1.165) is 22.6 Å². The summed E-state index contributed by atoms with van der Waals surface area (Å²) in [5.41, 5.74) is 3.65. The fourth-order valence-corrected chi connectivity index (χ4v) is 4.10. The summed E-state index contributed by atoms with van der Waals surface area (Å²) in [5, 5.41) is 0. The maximum absolute atomic E-state index is 12.2. The fourth-order valence-electron chi connectivity index (χ4n) is 3.09. The van der Waals surface area contributed by atoms with Crippen LogP contribution in [0.4, 0.5) is 0 Å². The second kappa shape index (κ2) is 8.19. The molecule has 0 spiro atoms. The second-order valence-electron chi connectivity index (χ2n) is 6.79. The van der Waals surface area contributed by atoms with Gasteiger partial charge in [0.15, 0.2) is 5.78 Å². The minimum atomic E-state index is -0.0500. The van der Waals surface area contributed by atoms with Crippen LogP contribution in [0.1, 0.15) is 27.3 Å². The second-order valence-corrected chi connectivity index (χ2v) is 8.51. The summed E-state index contributed by atoms with van der Waals surface area (Å²) >= 11 is 7.21. The van der Waals surface area contributed by atoms with Crippen molar-refractivity contribution in [2.24, 2.45) is 0 Å². The van der Waals surface area contributed by atoms with Gasteiger partial charge in [-0.05, 0) is 55.0 Å². The zero-order valence-corrected chi connectivity index (χ0v) is 17.3. The van der Waals surface area contributed by atoms with Crippen molar-refractivity contribution in [1.29, 1.82) is 0 Å². The van der Waals surface area contributed by atoms with Crippen LogP contribution in [-0.4, -0.2) is 15.3 Å². The van der Waals surface area contributed by atoms with Gasteiger partial charge in [-0.3, -0.25) is 14.2 Å². The molecule has 0 unspecified atom stereocenters. The highest BCUT2D eigenvalue weighted by molar-refractivity contribution is 7.18. The largest absolute Gasteiger partial charge is 0.293 e. The average molecular weight is 425 g/mol.